The normalized spacial score (nSPS) is 15.0. The van der Waals surface area contributed by atoms with E-state index >= 15 is 0 Å². The minimum atomic E-state index is 1.17. The van der Waals surface area contributed by atoms with E-state index in [4.69, 9.17) is 0 Å². The third-order valence-corrected chi connectivity index (χ3v) is 4.18. The van der Waals surface area contributed by atoms with Crippen LogP contribution < -0.4 is 9.47 Å². The Morgan fingerprint density at radius 2 is 1.76 bits per heavy atom. The van der Waals surface area contributed by atoms with Gasteiger partial charge in [-0.05, 0) is 48.1 Å². The SMILES string of the molecule is CN1CCCCc2cc(/C=C/c3cc[n+](C)cc3)ccc21. The van der Waals surface area contributed by atoms with Crippen molar-refractivity contribution in [2.24, 2.45) is 7.05 Å². The first-order chi connectivity index (χ1) is 10.2. The van der Waals surface area contributed by atoms with Crippen molar-refractivity contribution in [1.82, 2.24) is 0 Å². The van der Waals surface area contributed by atoms with Crippen molar-refractivity contribution >= 4 is 17.8 Å². The zero-order valence-corrected chi connectivity index (χ0v) is 12.9. The lowest BCUT2D eigenvalue weighted by molar-refractivity contribution is -0.671. The summed E-state index contributed by atoms with van der Waals surface area (Å²) in [6, 6.07) is 11.1. The molecule has 0 aliphatic carbocycles. The molecule has 2 aromatic rings. The molecule has 0 unspecified atom stereocenters. The number of nitrogens with zero attached hydrogens (tertiary/aromatic N) is 2. The molecule has 2 nitrogen and oxygen atoms in total. The second-order valence-electron chi connectivity index (χ2n) is 5.90. The van der Waals surface area contributed by atoms with Crippen molar-refractivity contribution in [1.29, 1.82) is 0 Å². The van der Waals surface area contributed by atoms with Crippen LogP contribution in [0.5, 0.6) is 0 Å². The summed E-state index contributed by atoms with van der Waals surface area (Å²) in [6.45, 7) is 1.17. The van der Waals surface area contributed by atoms with E-state index in [0.29, 0.717) is 0 Å². The van der Waals surface area contributed by atoms with Crippen LogP contribution in [0.25, 0.3) is 12.2 Å². The molecule has 0 fully saturated rings. The van der Waals surface area contributed by atoms with Gasteiger partial charge in [0.25, 0.3) is 0 Å². The number of aryl methyl sites for hydroxylation is 2. The average molecular weight is 279 g/mol. The molecule has 1 aromatic carbocycles. The lowest BCUT2D eigenvalue weighted by Gasteiger charge is -2.19. The fraction of sp³-hybridized carbons (Fsp3) is 0.316. The number of pyridine rings is 1. The Hall–Kier alpha value is -2.09. The molecule has 108 valence electrons. The molecule has 3 rings (SSSR count). The molecule has 1 aliphatic heterocycles. The molecule has 2 heterocycles. The fourth-order valence-corrected chi connectivity index (χ4v) is 2.88. The van der Waals surface area contributed by atoms with Gasteiger partial charge in [0.1, 0.15) is 7.05 Å². The van der Waals surface area contributed by atoms with Gasteiger partial charge in [-0.2, -0.15) is 0 Å². The fourth-order valence-electron chi connectivity index (χ4n) is 2.88. The molecule has 0 radical (unpaired) electrons. The lowest BCUT2D eigenvalue weighted by atomic mass is 10.0. The molecule has 0 saturated heterocycles. The van der Waals surface area contributed by atoms with Crippen LogP contribution >= 0.6 is 0 Å². The van der Waals surface area contributed by atoms with E-state index in [1.165, 1.54) is 48.2 Å². The highest BCUT2D eigenvalue weighted by molar-refractivity contribution is 5.71. The molecule has 1 aliphatic rings. The predicted molar refractivity (Wildman–Crippen MR) is 89.2 cm³/mol. The number of fused-ring (bicyclic) bond motifs is 1. The van der Waals surface area contributed by atoms with E-state index in [0.717, 1.165) is 0 Å². The highest BCUT2D eigenvalue weighted by Crippen LogP contribution is 2.26. The van der Waals surface area contributed by atoms with Crippen molar-refractivity contribution in [2.45, 2.75) is 19.3 Å². The van der Waals surface area contributed by atoms with Crippen LogP contribution in [0.15, 0.2) is 42.7 Å². The zero-order chi connectivity index (χ0) is 14.7. The number of hydrogen-bond acceptors (Lipinski definition) is 1. The lowest BCUT2D eigenvalue weighted by Crippen LogP contribution is -2.25. The van der Waals surface area contributed by atoms with Crippen LogP contribution in [-0.2, 0) is 13.5 Å². The third kappa shape index (κ3) is 3.33. The first-order valence-electron chi connectivity index (χ1n) is 7.70. The molecule has 0 spiro atoms. The predicted octanol–water partition coefficient (Wildman–Crippen LogP) is 3.45. The number of anilines is 1. The Morgan fingerprint density at radius 3 is 2.57 bits per heavy atom. The van der Waals surface area contributed by atoms with Gasteiger partial charge < -0.3 is 4.90 Å². The molecule has 1 aromatic heterocycles. The summed E-state index contributed by atoms with van der Waals surface area (Å²) in [4.78, 5) is 2.38. The van der Waals surface area contributed by atoms with Crippen molar-refractivity contribution < 1.29 is 4.57 Å². The van der Waals surface area contributed by atoms with Crippen molar-refractivity contribution in [3.05, 3.63) is 59.4 Å². The second-order valence-corrected chi connectivity index (χ2v) is 5.90. The monoisotopic (exact) mass is 279 g/mol. The maximum absolute atomic E-state index is 2.38. The molecule has 2 heteroatoms. The Balaban J connectivity index is 1.83. The van der Waals surface area contributed by atoms with E-state index in [1.807, 2.05) is 7.05 Å². The van der Waals surface area contributed by atoms with Crippen LogP contribution in [-0.4, -0.2) is 13.6 Å². The Bertz CT molecular complexity index is 641. The minimum absolute atomic E-state index is 1.17. The van der Waals surface area contributed by atoms with Gasteiger partial charge in [0, 0.05) is 31.4 Å². The number of benzene rings is 1. The zero-order valence-electron chi connectivity index (χ0n) is 12.9. The molecule has 0 N–H and O–H groups in total. The Morgan fingerprint density at radius 1 is 1.00 bits per heavy atom. The molecular weight excluding hydrogens is 256 g/mol. The first kappa shape index (κ1) is 13.9. The summed E-state index contributed by atoms with van der Waals surface area (Å²) in [5.74, 6) is 0. The highest BCUT2D eigenvalue weighted by atomic mass is 15.1. The van der Waals surface area contributed by atoms with Crippen LogP contribution in [0, 0.1) is 0 Å². The first-order valence-corrected chi connectivity index (χ1v) is 7.70. The molecular formula is C19H23N2+. The Labute approximate surface area is 127 Å². The summed E-state index contributed by atoms with van der Waals surface area (Å²) < 4.78 is 2.05. The topological polar surface area (TPSA) is 7.12 Å². The number of hydrogen-bond donors (Lipinski definition) is 0. The van der Waals surface area contributed by atoms with Crippen LogP contribution in [0.3, 0.4) is 0 Å². The van der Waals surface area contributed by atoms with Crippen LogP contribution in [0.2, 0.25) is 0 Å². The van der Waals surface area contributed by atoms with E-state index in [1.54, 1.807) is 0 Å². The molecule has 0 saturated carbocycles. The average Bonchev–Trinajstić information content (AvgIpc) is 2.68. The van der Waals surface area contributed by atoms with Crippen molar-refractivity contribution in [2.75, 3.05) is 18.5 Å². The summed E-state index contributed by atoms with van der Waals surface area (Å²) in [5, 5.41) is 0. The van der Waals surface area contributed by atoms with Gasteiger partial charge >= 0.3 is 0 Å². The summed E-state index contributed by atoms with van der Waals surface area (Å²) in [6.07, 6.45) is 12.3. The van der Waals surface area contributed by atoms with Gasteiger partial charge in [0.05, 0.1) is 0 Å². The van der Waals surface area contributed by atoms with Gasteiger partial charge in [-0.25, -0.2) is 4.57 Å². The number of rotatable bonds is 2. The summed E-state index contributed by atoms with van der Waals surface area (Å²) in [5.41, 5.74) is 5.41. The summed E-state index contributed by atoms with van der Waals surface area (Å²) >= 11 is 0. The number of aromatic nitrogens is 1. The van der Waals surface area contributed by atoms with Gasteiger partial charge in [-0.1, -0.05) is 18.2 Å². The van der Waals surface area contributed by atoms with Gasteiger partial charge in [-0.15, -0.1) is 0 Å². The molecule has 21 heavy (non-hydrogen) atoms. The van der Waals surface area contributed by atoms with E-state index < -0.39 is 0 Å². The van der Waals surface area contributed by atoms with Crippen LogP contribution in [0.4, 0.5) is 5.69 Å². The molecule has 0 atom stereocenters. The van der Waals surface area contributed by atoms with Gasteiger partial charge in [-0.3, -0.25) is 0 Å². The standard InChI is InChI=1S/C19H23N2/c1-20-13-10-16(11-14-20)6-7-17-8-9-19-18(15-17)5-3-4-12-21(19)2/h6-11,13-15H,3-5,12H2,1-2H3/q+1. The third-order valence-electron chi connectivity index (χ3n) is 4.18. The largest absolute Gasteiger partial charge is 0.374 e. The maximum atomic E-state index is 2.38. The highest BCUT2D eigenvalue weighted by Gasteiger charge is 2.11. The van der Waals surface area contributed by atoms with Crippen LogP contribution in [0.1, 0.15) is 29.5 Å². The van der Waals surface area contributed by atoms with E-state index in [-0.39, 0.29) is 0 Å². The Kier molecular flexibility index (Phi) is 4.05. The van der Waals surface area contributed by atoms with Crippen molar-refractivity contribution in [3.8, 4) is 0 Å². The minimum Gasteiger partial charge on any atom is -0.374 e. The summed E-state index contributed by atoms with van der Waals surface area (Å²) in [7, 11) is 4.24. The maximum Gasteiger partial charge on any atom is 0.169 e. The van der Waals surface area contributed by atoms with Gasteiger partial charge in [0.2, 0.25) is 0 Å². The van der Waals surface area contributed by atoms with Crippen molar-refractivity contribution in [3.63, 3.8) is 0 Å². The smallest absolute Gasteiger partial charge is 0.169 e. The molecule has 0 bridgehead atoms. The second kappa shape index (κ2) is 6.13. The molecule has 0 amide bonds. The quantitative estimate of drug-likeness (QED) is 0.764. The van der Waals surface area contributed by atoms with E-state index in [2.05, 4.69) is 71.4 Å². The van der Waals surface area contributed by atoms with E-state index in [9.17, 15) is 0 Å². The van der Waals surface area contributed by atoms with Gasteiger partial charge in [0.15, 0.2) is 12.4 Å².